The van der Waals surface area contributed by atoms with Crippen molar-refractivity contribution in [2.24, 2.45) is 0 Å². The fourth-order valence-corrected chi connectivity index (χ4v) is 8.75. The largest absolute Gasteiger partial charge is 0.523 e. The standard InChI is InChI=1S/C20H23F3O6S2/c1-2-3-11-27-19(24)28-16-10-9-15-7-6-8-18(17(15)14-16)30(12-4-5-13-30)29-31(25,26)20(21,22)23/h6-10,14H,2-5,11-13H2,1H3. The number of hydrogen-bond donors (Lipinski definition) is 0. The Balaban J connectivity index is 1.99. The molecule has 31 heavy (non-hydrogen) atoms. The maximum Gasteiger partial charge on any atom is 0.523 e. The summed E-state index contributed by atoms with van der Waals surface area (Å²) in [4.78, 5) is 12.2. The number of alkyl halides is 3. The molecule has 1 aliphatic rings. The van der Waals surface area contributed by atoms with Crippen molar-refractivity contribution in [3.8, 4) is 5.75 Å². The Kier molecular flexibility index (Phi) is 7.07. The SMILES string of the molecule is CCCCOC(=O)Oc1ccc2cccc(S3(OS(=O)(=O)C(F)(F)F)CCCC3)c2c1. The van der Waals surface area contributed by atoms with E-state index in [0.29, 0.717) is 34.9 Å². The van der Waals surface area contributed by atoms with Gasteiger partial charge in [0, 0.05) is 16.4 Å². The molecule has 1 fully saturated rings. The third-order valence-corrected chi connectivity index (χ3v) is 10.2. The first kappa shape index (κ1) is 23.7. The molecule has 0 aliphatic carbocycles. The van der Waals surface area contributed by atoms with Crippen molar-refractivity contribution < 1.29 is 39.5 Å². The number of rotatable bonds is 7. The molecular weight excluding hydrogens is 457 g/mol. The van der Waals surface area contributed by atoms with Crippen LogP contribution in [-0.4, -0.2) is 38.2 Å². The van der Waals surface area contributed by atoms with Gasteiger partial charge in [0.1, 0.15) is 5.75 Å². The average Bonchev–Trinajstić information content (AvgIpc) is 3.15. The zero-order valence-electron chi connectivity index (χ0n) is 16.8. The van der Waals surface area contributed by atoms with Crippen LogP contribution in [-0.2, 0) is 18.5 Å². The maximum atomic E-state index is 13.1. The van der Waals surface area contributed by atoms with Crippen LogP contribution in [0.3, 0.4) is 0 Å². The molecule has 0 spiro atoms. The van der Waals surface area contributed by atoms with E-state index >= 15 is 0 Å². The zero-order chi connectivity index (χ0) is 22.7. The molecular formula is C20H23F3O6S2. The second kappa shape index (κ2) is 9.25. The molecule has 0 amide bonds. The van der Waals surface area contributed by atoms with Gasteiger partial charge in [0.25, 0.3) is 0 Å². The van der Waals surface area contributed by atoms with Gasteiger partial charge in [-0.3, -0.25) is 0 Å². The van der Waals surface area contributed by atoms with Gasteiger partial charge in [0.2, 0.25) is 0 Å². The maximum absolute atomic E-state index is 13.1. The molecule has 0 bridgehead atoms. The molecule has 1 saturated heterocycles. The molecule has 172 valence electrons. The lowest BCUT2D eigenvalue weighted by molar-refractivity contribution is -0.0496. The molecule has 0 atom stereocenters. The Labute approximate surface area is 180 Å². The van der Waals surface area contributed by atoms with E-state index in [4.69, 9.17) is 13.1 Å². The Hall–Kier alpha value is -1.98. The lowest BCUT2D eigenvalue weighted by Crippen LogP contribution is -2.27. The first-order valence-electron chi connectivity index (χ1n) is 9.76. The van der Waals surface area contributed by atoms with Gasteiger partial charge < -0.3 is 9.47 Å². The van der Waals surface area contributed by atoms with Gasteiger partial charge in [0.15, 0.2) is 0 Å². The highest BCUT2D eigenvalue weighted by atomic mass is 32.3. The van der Waals surface area contributed by atoms with Gasteiger partial charge in [-0.05, 0) is 48.2 Å². The monoisotopic (exact) mass is 480 g/mol. The van der Waals surface area contributed by atoms with Crippen molar-refractivity contribution in [3.05, 3.63) is 36.4 Å². The van der Waals surface area contributed by atoms with E-state index in [-0.39, 0.29) is 23.9 Å². The number of fused-ring (bicyclic) bond motifs is 1. The normalized spacial score (nSPS) is 17.4. The molecule has 2 aromatic carbocycles. The van der Waals surface area contributed by atoms with Crippen molar-refractivity contribution in [1.82, 2.24) is 0 Å². The van der Waals surface area contributed by atoms with Gasteiger partial charge in [0.05, 0.1) is 6.61 Å². The Bertz CT molecular complexity index is 1050. The highest BCUT2D eigenvalue weighted by molar-refractivity contribution is 8.33. The van der Waals surface area contributed by atoms with Gasteiger partial charge in [-0.25, -0.2) is 8.42 Å². The molecule has 3 rings (SSSR count). The summed E-state index contributed by atoms with van der Waals surface area (Å²) in [5, 5.41) is 1.15. The van der Waals surface area contributed by atoms with Crippen LogP contribution in [0, 0.1) is 0 Å². The third kappa shape index (κ3) is 5.27. The van der Waals surface area contributed by atoms with Crippen LogP contribution in [0.25, 0.3) is 10.8 Å². The lowest BCUT2D eigenvalue weighted by Gasteiger charge is -2.35. The van der Waals surface area contributed by atoms with E-state index < -0.39 is 32.1 Å². The van der Waals surface area contributed by atoms with Crippen molar-refractivity contribution in [2.75, 3.05) is 18.1 Å². The second-order valence-corrected chi connectivity index (χ2v) is 11.9. The molecule has 0 radical (unpaired) electrons. The zero-order valence-corrected chi connectivity index (χ0v) is 18.4. The molecule has 0 unspecified atom stereocenters. The topological polar surface area (TPSA) is 78.9 Å². The van der Waals surface area contributed by atoms with E-state index in [1.807, 2.05) is 6.92 Å². The number of halogens is 3. The van der Waals surface area contributed by atoms with Gasteiger partial charge >= 0.3 is 21.8 Å². The van der Waals surface area contributed by atoms with Crippen LogP contribution < -0.4 is 4.74 Å². The van der Waals surface area contributed by atoms with Crippen LogP contribution in [0.1, 0.15) is 32.6 Å². The fraction of sp³-hybridized carbons (Fsp3) is 0.450. The third-order valence-electron chi connectivity index (χ3n) is 4.83. The molecule has 1 heterocycles. The summed E-state index contributed by atoms with van der Waals surface area (Å²) in [6.07, 6.45) is 1.76. The van der Waals surface area contributed by atoms with E-state index in [1.54, 1.807) is 24.3 Å². The molecule has 0 aromatic heterocycles. The quantitative estimate of drug-likeness (QED) is 0.213. The van der Waals surface area contributed by atoms with Crippen LogP contribution >= 0.6 is 10.3 Å². The Morgan fingerprint density at radius 2 is 1.84 bits per heavy atom. The van der Waals surface area contributed by atoms with Crippen LogP contribution in [0.2, 0.25) is 0 Å². The first-order valence-corrected chi connectivity index (χ1v) is 13.1. The summed E-state index contributed by atoms with van der Waals surface area (Å²) in [6, 6.07) is 9.65. The van der Waals surface area contributed by atoms with Crippen molar-refractivity contribution in [1.29, 1.82) is 0 Å². The minimum atomic E-state index is -5.77. The number of ether oxygens (including phenoxy) is 2. The van der Waals surface area contributed by atoms with Crippen molar-refractivity contribution in [2.45, 2.75) is 43.0 Å². The number of unbranched alkanes of at least 4 members (excludes halogenated alkanes) is 1. The van der Waals surface area contributed by atoms with Crippen molar-refractivity contribution >= 4 is 37.4 Å². The number of carbonyl (C=O) groups is 1. The van der Waals surface area contributed by atoms with Gasteiger partial charge in [-0.1, -0.05) is 41.9 Å². The van der Waals surface area contributed by atoms with E-state index in [1.165, 1.54) is 12.1 Å². The highest BCUT2D eigenvalue weighted by Crippen LogP contribution is 2.65. The predicted octanol–water partition coefficient (Wildman–Crippen LogP) is 5.89. The molecule has 2 aromatic rings. The molecule has 11 heteroatoms. The summed E-state index contributed by atoms with van der Waals surface area (Å²) in [5.41, 5.74) is -5.50. The molecule has 1 aliphatic heterocycles. The van der Waals surface area contributed by atoms with Crippen molar-refractivity contribution in [3.63, 3.8) is 0 Å². The van der Waals surface area contributed by atoms with Crippen LogP contribution in [0.15, 0.2) is 41.3 Å². The highest BCUT2D eigenvalue weighted by Gasteiger charge is 2.52. The Morgan fingerprint density at radius 1 is 1.13 bits per heavy atom. The summed E-state index contributed by atoms with van der Waals surface area (Å²) >= 11 is 0. The van der Waals surface area contributed by atoms with Crippen LogP contribution in [0.5, 0.6) is 5.75 Å². The van der Waals surface area contributed by atoms with Gasteiger partial charge in [-0.2, -0.15) is 21.6 Å². The fourth-order valence-electron chi connectivity index (χ4n) is 3.34. The summed E-state index contributed by atoms with van der Waals surface area (Å²) in [7, 11) is -8.52. The second-order valence-electron chi connectivity index (χ2n) is 7.09. The molecule has 0 saturated carbocycles. The van der Waals surface area contributed by atoms with E-state index in [9.17, 15) is 26.4 Å². The van der Waals surface area contributed by atoms with Gasteiger partial charge in [-0.15, -0.1) is 0 Å². The first-order chi connectivity index (χ1) is 14.6. The minimum absolute atomic E-state index is 0.146. The van der Waals surface area contributed by atoms with E-state index in [0.717, 1.165) is 6.42 Å². The predicted molar refractivity (Wildman–Crippen MR) is 112 cm³/mol. The Morgan fingerprint density at radius 3 is 2.48 bits per heavy atom. The number of carbonyl (C=O) groups excluding carboxylic acids is 1. The lowest BCUT2D eigenvalue weighted by atomic mass is 10.1. The molecule has 0 N–H and O–H groups in total. The molecule has 6 nitrogen and oxygen atoms in total. The number of hydrogen-bond acceptors (Lipinski definition) is 6. The summed E-state index contributed by atoms with van der Waals surface area (Å²) in [6.45, 7) is 2.16. The van der Waals surface area contributed by atoms with E-state index in [2.05, 4.69) is 0 Å². The van der Waals surface area contributed by atoms with Crippen LogP contribution in [0.4, 0.5) is 18.0 Å². The summed E-state index contributed by atoms with van der Waals surface area (Å²) in [5.74, 6) is 0.546. The smallest absolute Gasteiger partial charge is 0.434 e. The average molecular weight is 481 g/mol. The summed E-state index contributed by atoms with van der Waals surface area (Å²) < 4.78 is 77.9. The number of benzene rings is 2. The minimum Gasteiger partial charge on any atom is -0.434 e.